The molecule has 0 spiro atoms. The predicted molar refractivity (Wildman–Crippen MR) is 79.4 cm³/mol. The first-order valence-corrected chi connectivity index (χ1v) is 6.59. The van der Waals surface area contributed by atoms with Crippen molar-refractivity contribution in [1.29, 1.82) is 0 Å². The van der Waals surface area contributed by atoms with E-state index in [0.29, 0.717) is 17.8 Å². The summed E-state index contributed by atoms with van der Waals surface area (Å²) in [5.74, 6) is -0.338. The number of nitrogens with one attached hydrogen (secondary N) is 2. The molecule has 21 heavy (non-hydrogen) atoms. The van der Waals surface area contributed by atoms with Crippen LogP contribution in [0.2, 0.25) is 0 Å². The van der Waals surface area contributed by atoms with Crippen LogP contribution in [-0.2, 0) is 13.2 Å². The Morgan fingerprint density at radius 2 is 1.90 bits per heavy atom. The monoisotopic (exact) mass is 288 g/mol. The lowest BCUT2D eigenvalue weighted by molar-refractivity contribution is 0.251. The van der Waals surface area contributed by atoms with Crippen LogP contribution >= 0.6 is 0 Å². The van der Waals surface area contributed by atoms with Gasteiger partial charge in [0.15, 0.2) is 0 Å². The van der Waals surface area contributed by atoms with E-state index < -0.39 is 0 Å². The van der Waals surface area contributed by atoms with Gasteiger partial charge < -0.3 is 15.7 Å². The van der Waals surface area contributed by atoms with Crippen LogP contribution in [0, 0.1) is 12.7 Å². The molecule has 0 heterocycles. The second-order valence-electron chi connectivity index (χ2n) is 4.69. The first-order valence-electron chi connectivity index (χ1n) is 6.59. The summed E-state index contributed by atoms with van der Waals surface area (Å²) >= 11 is 0. The van der Waals surface area contributed by atoms with E-state index in [0.717, 1.165) is 11.1 Å². The lowest BCUT2D eigenvalue weighted by Crippen LogP contribution is -2.28. The van der Waals surface area contributed by atoms with Crippen LogP contribution in [0.25, 0.3) is 0 Å². The van der Waals surface area contributed by atoms with Gasteiger partial charge in [-0.25, -0.2) is 9.18 Å². The fourth-order valence-electron chi connectivity index (χ4n) is 1.99. The summed E-state index contributed by atoms with van der Waals surface area (Å²) in [6.45, 7) is 1.96. The first kappa shape index (κ1) is 15.0. The van der Waals surface area contributed by atoms with Gasteiger partial charge in [-0.15, -0.1) is 0 Å². The summed E-state index contributed by atoms with van der Waals surface area (Å²) < 4.78 is 13.0. The molecule has 0 saturated heterocycles. The molecule has 2 amide bonds. The molecule has 0 radical (unpaired) electrons. The highest BCUT2D eigenvalue weighted by Gasteiger charge is 2.06. The number of anilines is 1. The molecule has 0 aromatic heterocycles. The molecule has 0 bridgehead atoms. The van der Waals surface area contributed by atoms with E-state index in [1.807, 2.05) is 18.2 Å². The lowest BCUT2D eigenvalue weighted by Gasteiger charge is -2.11. The zero-order chi connectivity index (χ0) is 15.2. The molecule has 4 nitrogen and oxygen atoms in total. The first-order chi connectivity index (χ1) is 10.1. The van der Waals surface area contributed by atoms with Crippen molar-refractivity contribution in [1.82, 2.24) is 5.32 Å². The van der Waals surface area contributed by atoms with E-state index in [9.17, 15) is 14.3 Å². The van der Waals surface area contributed by atoms with Crippen molar-refractivity contribution in [3.63, 3.8) is 0 Å². The molecule has 0 unspecified atom stereocenters. The van der Waals surface area contributed by atoms with Crippen LogP contribution in [0.4, 0.5) is 14.9 Å². The Hall–Kier alpha value is -2.40. The number of halogens is 1. The zero-order valence-corrected chi connectivity index (χ0v) is 11.7. The lowest BCUT2D eigenvalue weighted by atomic mass is 10.1. The standard InChI is InChI=1S/C16H17FN2O2/c1-11-8-14(17)6-7-15(11)19-16(21)18-9-12-4-2-3-5-13(12)10-20/h2-8,20H,9-10H2,1H3,(H2,18,19,21). The quantitative estimate of drug-likeness (QED) is 0.810. The summed E-state index contributed by atoms with van der Waals surface area (Å²) in [6.07, 6.45) is 0. The maximum atomic E-state index is 13.0. The third-order valence-electron chi connectivity index (χ3n) is 3.16. The second-order valence-corrected chi connectivity index (χ2v) is 4.69. The molecule has 2 rings (SSSR count). The Balaban J connectivity index is 1.96. The van der Waals surface area contributed by atoms with Crippen LogP contribution in [0.5, 0.6) is 0 Å². The predicted octanol–water partition coefficient (Wildman–Crippen LogP) is 2.95. The molecular weight excluding hydrogens is 271 g/mol. The van der Waals surface area contributed by atoms with Crippen LogP contribution in [0.3, 0.4) is 0 Å². The molecule has 2 aromatic rings. The number of hydrogen-bond acceptors (Lipinski definition) is 2. The normalized spacial score (nSPS) is 10.2. The third kappa shape index (κ3) is 4.03. The van der Waals surface area contributed by atoms with E-state index in [1.54, 1.807) is 13.0 Å². The fraction of sp³-hybridized carbons (Fsp3) is 0.188. The minimum Gasteiger partial charge on any atom is -0.392 e. The highest BCUT2D eigenvalue weighted by atomic mass is 19.1. The van der Waals surface area contributed by atoms with Gasteiger partial charge >= 0.3 is 6.03 Å². The smallest absolute Gasteiger partial charge is 0.319 e. The number of carbonyl (C=O) groups excluding carboxylic acids is 1. The maximum Gasteiger partial charge on any atom is 0.319 e. The molecule has 0 atom stereocenters. The summed E-state index contributed by atoms with van der Waals surface area (Å²) in [5.41, 5.74) is 2.84. The minimum atomic E-state index is -0.377. The summed E-state index contributed by atoms with van der Waals surface area (Å²) in [7, 11) is 0. The van der Waals surface area contributed by atoms with Crippen LogP contribution in [0.15, 0.2) is 42.5 Å². The molecule has 0 aliphatic carbocycles. The molecule has 2 aromatic carbocycles. The Kier molecular flexibility index (Phi) is 4.90. The Labute approximate surface area is 122 Å². The summed E-state index contributed by atoms with van der Waals surface area (Å²) in [4.78, 5) is 11.8. The van der Waals surface area contributed by atoms with Gasteiger partial charge in [-0.2, -0.15) is 0 Å². The van der Waals surface area contributed by atoms with Crippen molar-refractivity contribution in [2.24, 2.45) is 0 Å². The number of amides is 2. The van der Waals surface area contributed by atoms with Gasteiger partial charge in [-0.3, -0.25) is 0 Å². The number of hydrogen-bond donors (Lipinski definition) is 3. The Morgan fingerprint density at radius 3 is 2.57 bits per heavy atom. The number of aryl methyl sites for hydroxylation is 1. The van der Waals surface area contributed by atoms with Gasteiger partial charge in [0.05, 0.1) is 6.61 Å². The molecule has 110 valence electrons. The second kappa shape index (κ2) is 6.85. The number of rotatable bonds is 4. The van der Waals surface area contributed by atoms with Crippen molar-refractivity contribution >= 4 is 11.7 Å². The molecule has 3 N–H and O–H groups in total. The summed E-state index contributed by atoms with van der Waals surface area (Å²) in [5, 5.41) is 14.6. The van der Waals surface area contributed by atoms with Gasteiger partial charge in [0.2, 0.25) is 0 Å². The molecule has 0 aliphatic heterocycles. The van der Waals surface area contributed by atoms with E-state index in [-0.39, 0.29) is 18.5 Å². The average molecular weight is 288 g/mol. The van der Waals surface area contributed by atoms with E-state index >= 15 is 0 Å². The topological polar surface area (TPSA) is 61.4 Å². The van der Waals surface area contributed by atoms with Crippen LogP contribution in [0.1, 0.15) is 16.7 Å². The largest absolute Gasteiger partial charge is 0.392 e. The van der Waals surface area contributed by atoms with Crippen LogP contribution < -0.4 is 10.6 Å². The Morgan fingerprint density at radius 1 is 1.19 bits per heavy atom. The average Bonchev–Trinajstić information content (AvgIpc) is 2.48. The highest BCUT2D eigenvalue weighted by Crippen LogP contribution is 2.15. The number of aliphatic hydroxyl groups excluding tert-OH is 1. The van der Waals surface area contributed by atoms with E-state index in [1.165, 1.54) is 18.2 Å². The van der Waals surface area contributed by atoms with E-state index in [4.69, 9.17) is 0 Å². The third-order valence-corrected chi connectivity index (χ3v) is 3.16. The number of aliphatic hydroxyl groups is 1. The fourth-order valence-corrected chi connectivity index (χ4v) is 1.99. The molecule has 0 aliphatic rings. The van der Waals surface area contributed by atoms with Crippen molar-refractivity contribution < 1.29 is 14.3 Å². The number of carbonyl (C=O) groups is 1. The molecule has 5 heteroatoms. The molecular formula is C16H17FN2O2. The number of benzene rings is 2. The van der Waals surface area contributed by atoms with Gasteiger partial charge in [0.25, 0.3) is 0 Å². The maximum absolute atomic E-state index is 13.0. The van der Waals surface area contributed by atoms with Crippen molar-refractivity contribution in [2.75, 3.05) is 5.32 Å². The van der Waals surface area contributed by atoms with Gasteiger partial charge in [0, 0.05) is 12.2 Å². The van der Waals surface area contributed by atoms with Crippen LogP contribution in [-0.4, -0.2) is 11.1 Å². The minimum absolute atomic E-state index is 0.0729. The van der Waals surface area contributed by atoms with Gasteiger partial charge in [-0.05, 0) is 41.8 Å². The highest BCUT2D eigenvalue weighted by molar-refractivity contribution is 5.90. The van der Waals surface area contributed by atoms with E-state index in [2.05, 4.69) is 10.6 Å². The SMILES string of the molecule is Cc1cc(F)ccc1NC(=O)NCc1ccccc1CO. The van der Waals surface area contributed by atoms with Crippen molar-refractivity contribution in [3.8, 4) is 0 Å². The van der Waals surface area contributed by atoms with Crippen molar-refractivity contribution in [2.45, 2.75) is 20.1 Å². The number of urea groups is 1. The van der Waals surface area contributed by atoms with Gasteiger partial charge in [0.1, 0.15) is 5.82 Å². The van der Waals surface area contributed by atoms with Gasteiger partial charge in [-0.1, -0.05) is 24.3 Å². The summed E-state index contributed by atoms with van der Waals surface area (Å²) in [6, 6.07) is 11.1. The zero-order valence-electron chi connectivity index (χ0n) is 11.7. The molecule has 0 saturated carbocycles. The van der Waals surface area contributed by atoms with Crippen molar-refractivity contribution in [3.05, 3.63) is 65.0 Å². The Bertz CT molecular complexity index is 644. The molecule has 0 fully saturated rings.